The second-order valence-electron chi connectivity index (χ2n) is 4.89. The first-order valence-corrected chi connectivity index (χ1v) is 6.89. The van der Waals surface area contributed by atoms with Crippen molar-refractivity contribution in [3.8, 4) is 0 Å². The molecule has 3 amide bonds. The molecule has 0 radical (unpaired) electrons. The minimum absolute atomic E-state index is 0.125. The Bertz CT molecular complexity index is 522. The van der Waals surface area contributed by atoms with Gasteiger partial charge in [0.1, 0.15) is 5.82 Å². The average Bonchev–Trinajstić information content (AvgIpc) is 2.46. The van der Waals surface area contributed by atoms with Crippen molar-refractivity contribution in [2.45, 2.75) is 6.92 Å². The maximum Gasteiger partial charge on any atom is 0.317 e. The van der Waals surface area contributed by atoms with Crippen LogP contribution in [0.1, 0.15) is 17.3 Å². The standard InChI is InChI=1S/C14H19FN4O2/c1-2-17-14(21)19-5-3-18(4-6-19)13(20)10-7-11(15)9-12(16)8-10/h7-9H,2-6,16H2,1H3,(H,17,21). The van der Waals surface area contributed by atoms with Gasteiger partial charge in [-0.25, -0.2) is 9.18 Å². The van der Waals surface area contributed by atoms with E-state index in [4.69, 9.17) is 5.73 Å². The third-order valence-electron chi connectivity index (χ3n) is 3.35. The van der Waals surface area contributed by atoms with E-state index >= 15 is 0 Å². The predicted octanol–water partition coefficient (Wildman–Crippen LogP) is 0.895. The zero-order chi connectivity index (χ0) is 15.4. The Morgan fingerprint density at radius 3 is 2.38 bits per heavy atom. The molecule has 0 spiro atoms. The number of hydrogen-bond donors (Lipinski definition) is 2. The van der Waals surface area contributed by atoms with Gasteiger partial charge in [0, 0.05) is 44.0 Å². The van der Waals surface area contributed by atoms with E-state index in [1.807, 2.05) is 6.92 Å². The van der Waals surface area contributed by atoms with Gasteiger partial charge in [0.2, 0.25) is 0 Å². The summed E-state index contributed by atoms with van der Waals surface area (Å²) in [5, 5.41) is 2.72. The molecular weight excluding hydrogens is 275 g/mol. The van der Waals surface area contributed by atoms with Gasteiger partial charge >= 0.3 is 6.03 Å². The first-order chi connectivity index (χ1) is 10.0. The molecule has 0 atom stereocenters. The lowest BCUT2D eigenvalue weighted by molar-refractivity contribution is 0.0665. The van der Waals surface area contributed by atoms with Crippen LogP contribution in [-0.2, 0) is 0 Å². The van der Waals surface area contributed by atoms with Gasteiger partial charge in [0.25, 0.3) is 5.91 Å². The van der Waals surface area contributed by atoms with Crippen molar-refractivity contribution in [1.82, 2.24) is 15.1 Å². The summed E-state index contributed by atoms with van der Waals surface area (Å²) in [6.07, 6.45) is 0. The van der Waals surface area contributed by atoms with E-state index in [2.05, 4.69) is 5.32 Å². The largest absolute Gasteiger partial charge is 0.399 e. The van der Waals surface area contributed by atoms with Crippen molar-refractivity contribution in [3.05, 3.63) is 29.6 Å². The van der Waals surface area contributed by atoms with E-state index in [1.54, 1.807) is 9.80 Å². The van der Waals surface area contributed by atoms with Crippen LogP contribution >= 0.6 is 0 Å². The zero-order valence-electron chi connectivity index (χ0n) is 11.9. The highest BCUT2D eigenvalue weighted by molar-refractivity contribution is 5.95. The van der Waals surface area contributed by atoms with Crippen molar-refractivity contribution in [1.29, 1.82) is 0 Å². The average molecular weight is 294 g/mol. The van der Waals surface area contributed by atoms with Crippen LogP contribution in [0.5, 0.6) is 0 Å². The Kier molecular flexibility index (Phi) is 4.62. The van der Waals surface area contributed by atoms with Gasteiger partial charge in [-0.3, -0.25) is 4.79 Å². The van der Waals surface area contributed by atoms with Crippen LogP contribution in [-0.4, -0.2) is 54.5 Å². The van der Waals surface area contributed by atoms with Crippen LogP contribution in [0.15, 0.2) is 18.2 Å². The molecule has 0 bridgehead atoms. The van der Waals surface area contributed by atoms with Crippen molar-refractivity contribution < 1.29 is 14.0 Å². The lowest BCUT2D eigenvalue weighted by atomic mass is 10.1. The molecule has 1 fully saturated rings. The number of amides is 3. The third kappa shape index (κ3) is 3.62. The fraction of sp³-hybridized carbons (Fsp3) is 0.429. The summed E-state index contributed by atoms with van der Waals surface area (Å²) in [5.41, 5.74) is 6.01. The number of nitrogens with two attached hydrogens (primary N) is 1. The fourth-order valence-electron chi connectivity index (χ4n) is 2.29. The maximum atomic E-state index is 13.3. The highest BCUT2D eigenvalue weighted by Crippen LogP contribution is 2.14. The maximum absolute atomic E-state index is 13.3. The van der Waals surface area contributed by atoms with Gasteiger partial charge in [-0.1, -0.05) is 0 Å². The first kappa shape index (κ1) is 15.1. The molecular formula is C14H19FN4O2. The molecule has 1 aliphatic rings. The van der Waals surface area contributed by atoms with Crippen LogP contribution in [0.3, 0.4) is 0 Å². The Labute approximate surface area is 122 Å². The second-order valence-corrected chi connectivity index (χ2v) is 4.89. The van der Waals surface area contributed by atoms with E-state index in [-0.39, 0.29) is 23.2 Å². The van der Waals surface area contributed by atoms with Crippen LogP contribution in [0.4, 0.5) is 14.9 Å². The quantitative estimate of drug-likeness (QED) is 0.795. The normalized spacial score (nSPS) is 15.0. The molecule has 114 valence electrons. The number of hydrogen-bond acceptors (Lipinski definition) is 3. The predicted molar refractivity (Wildman–Crippen MR) is 77.4 cm³/mol. The summed E-state index contributed by atoms with van der Waals surface area (Å²) in [6.45, 7) is 4.19. The number of urea groups is 1. The number of carbonyl (C=O) groups is 2. The second kappa shape index (κ2) is 6.43. The minimum atomic E-state index is -0.528. The molecule has 3 N–H and O–H groups in total. The first-order valence-electron chi connectivity index (χ1n) is 6.89. The molecule has 21 heavy (non-hydrogen) atoms. The Balaban J connectivity index is 1.98. The van der Waals surface area contributed by atoms with Gasteiger partial charge in [-0.2, -0.15) is 0 Å². The summed E-state index contributed by atoms with van der Waals surface area (Å²) in [7, 11) is 0. The van der Waals surface area contributed by atoms with Gasteiger partial charge in [-0.05, 0) is 25.1 Å². The van der Waals surface area contributed by atoms with Crippen molar-refractivity contribution in [3.63, 3.8) is 0 Å². The van der Waals surface area contributed by atoms with Gasteiger partial charge < -0.3 is 20.9 Å². The minimum Gasteiger partial charge on any atom is -0.399 e. The summed E-state index contributed by atoms with van der Waals surface area (Å²) in [5.74, 6) is -0.795. The molecule has 1 aromatic rings. The van der Waals surface area contributed by atoms with E-state index < -0.39 is 5.82 Å². The molecule has 0 unspecified atom stereocenters. The van der Waals surface area contributed by atoms with Gasteiger partial charge in [-0.15, -0.1) is 0 Å². The van der Waals surface area contributed by atoms with E-state index in [1.165, 1.54) is 18.2 Å². The van der Waals surface area contributed by atoms with Crippen LogP contribution in [0, 0.1) is 5.82 Å². The van der Waals surface area contributed by atoms with E-state index in [9.17, 15) is 14.0 Å². The smallest absolute Gasteiger partial charge is 0.317 e. The number of benzene rings is 1. The van der Waals surface area contributed by atoms with Crippen LogP contribution in [0.2, 0.25) is 0 Å². The highest BCUT2D eigenvalue weighted by Gasteiger charge is 2.24. The zero-order valence-corrected chi connectivity index (χ0v) is 11.9. The highest BCUT2D eigenvalue weighted by atomic mass is 19.1. The molecule has 0 aromatic heterocycles. The summed E-state index contributed by atoms with van der Waals surface area (Å²) in [4.78, 5) is 27.2. The number of nitrogens with zero attached hydrogens (tertiary/aromatic N) is 2. The number of carbonyl (C=O) groups excluding carboxylic acids is 2. The Morgan fingerprint density at radius 2 is 1.81 bits per heavy atom. The number of nitrogens with one attached hydrogen (secondary N) is 1. The molecule has 2 rings (SSSR count). The molecule has 1 aliphatic heterocycles. The number of rotatable bonds is 2. The van der Waals surface area contributed by atoms with Gasteiger partial charge in [0.15, 0.2) is 0 Å². The molecule has 0 aliphatic carbocycles. The lowest BCUT2D eigenvalue weighted by Gasteiger charge is -2.34. The fourth-order valence-corrected chi connectivity index (χ4v) is 2.29. The molecule has 1 heterocycles. The van der Waals surface area contributed by atoms with Crippen LogP contribution in [0.25, 0.3) is 0 Å². The lowest BCUT2D eigenvalue weighted by Crippen LogP contribution is -2.53. The van der Waals surface area contributed by atoms with Crippen molar-refractivity contribution in [2.75, 3.05) is 38.5 Å². The monoisotopic (exact) mass is 294 g/mol. The van der Waals surface area contributed by atoms with Crippen molar-refractivity contribution >= 4 is 17.6 Å². The number of piperazine rings is 1. The SMILES string of the molecule is CCNC(=O)N1CCN(C(=O)c2cc(N)cc(F)c2)CC1. The summed E-state index contributed by atoms with van der Waals surface area (Å²) in [6, 6.07) is 3.68. The van der Waals surface area contributed by atoms with Gasteiger partial charge in [0.05, 0.1) is 0 Å². The summed E-state index contributed by atoms with van der Waals surface area (Å²) < 4.78 is 13.3. The number of halogens is 1. The van der Waals surface area contributed by atoms with E-state index in [0.717, 1.165) is 0 Å². The number of anilines is 1. The third-order valence-corrected chi connectivity index (χ3v) is 3.35. The molecule has 6 nitrogen and oxygen atoms in total. The Morgan fingerprint density at radius 1 is 1.19 bits per heavy atom. The van der Waals surface area contributed by atoms with Crippen molar-refractivity contribution in [2.24, 2.45) is 0 Å². The number of nitrogen functional groups attached to an aromatic ring is 1. The topological polar surface area (TPSA) is 78.7 Å². The molecule has 0 saturated carbocycles. The van der Waals surface area contributed by atoms with Crippen LogP contribution < -0.4 is 11.1 Å². The molecule has 1 aromatic carbocycles. The molecule has 1 saturated heterocycles. The Hall–Kier alpha value is -2.31. The molecule has 7 heteroatoms. The summed E-state index contributed by atoms with van der Waals surface area (Å²) >= 11 is 0. The van der Waals surface area contributed by atoms with E-state index in [0.29, 0.717) is 32.7 Å².